The van der Waals surface area contributed by atoms with Crippen LogP contribution in [0.25, 0.3) is 0 Å². The van der Waals surface area contributed by atoms with Crippen molar-refractivity contribution < 1.29 is 4.79 Å². The zero-order chi connectivity index (χ0) is 19.7. The molecule has 1 saturated heterocycles. The number of carbonyl (C=O) groups excluding carboxylic acids is 1. The number of allylic oxidation sites excluding steroid dienone is 1. The van der Waals surface area contributed by atoms with E-state index in [9.17, 15) is 10.1 Å². The van der Waals surface area contributed by atoms with E-state index in [0.717, 1.165) is 34.2 Å². The molecular weight excluding hydrogens is 366 g/mol. The number of nitrogens with zero attached hydrogens (tertiary/aromatic N) is 3. The molecule has 0 aromatic heterocycles. The molecule has 5 heteroatoms. The van der Waals surface area contributed by atoms with Gasteiger partial charge in [-0.25, -0.2) is 0 Å². The number of rotatable bonds is 3. The first-order valence-electron chi connectivity index (χ1n) is 9.58. The molecule has 142 valence electrons. The number of aryl methyl sites for hydroxylation is 2. The molecule has 28 heavy (non-hydrogen) atoms. The Hall–Kier alpha value is -2.71. The first-order valence-corrected chi connectivity index (χ1v) is 10.6. The molecule has 0 saturated carbocycles. The molecule has 2 aromatic carbocycles. The van der Waals surface area contributed by atoms with Crippen molar-refractivity contribution in [1.29, 1.82) is 5.26 Å². The van der Waals surface area contributed by atoms with Crippen LogP contribution in [0.3, 0.4) is 0 Å². The number of fused-ring (bicyclic) bond motifs is 1. The summed E-state index contributed by atoms with van der Waals surface area (Å²) in [4.78, 5) is 16.9. The first kappa shape index (κ1) is 18.6. The highest BCUT2D eigenvalue weighted by atomic mass is 32.2. The second-order valence-corrected chi connectivity index (χ2v) is 8.23. The van der Waals surface area contributed by atoms with Crippen molar-refractivity contribution in [3.63, 3.8) is 0 Å². The van der Waals surface area contributed by atoms with E-state index in [-0.39, 0.29) is 11.8 Å². The van der Waals surface area contributed by atoms with Crippen LogP contribution in [0.5, 0.6) is 0 Å². The second-order valence-electron chi connectivity index (χ2n) is 7.29. The van der Waals surface area contributed by atoms with Crippen molar-refractivity contribution in [2.75, 3.05) is 17.4 Å². The molecule has 2 aliphatic heterocycles. The topological polar surface area (TPSA) is 47.3 Å². The van der Waals surface area contributed by atoms with Crippen LogP contribution in [-0.4, -0.2) is 23.4 Å². The molecule has 1 amide bonds. The lowest BCUT2D eigenvalue weighted by Crippen LogP contribution is -2.47. The van der Waals surface area contributed by atoms with E-state index in [1.807, 2.05) is 0 Å². The number of hydrogen-bond acceptors (Lipinski definition) is 4. The lowest BCUT2D eigenvalue weighted by Gasteiger charge is -2.42. The molecule has 0 N–H and O–H groups in total. The van der Waals surface area contributed by atoms with Crippen molar-refractivity contribution in [3.8, 4) is 6.07 Å². The molecule has 2 aromatic rings. The lowest BCUT2D eigenvalue weighted by molar-refractivity contribution is -0.129. The standard InChI is InChI=1S/C23H23N3OS/c1-3-17-6-8-18(9-7-17)20-12-22(27)26-14-25(15-28-23(26)21(20)13-24)19-10-4-16(2)5-11-19/h4-11,20H,3,12,14-15H2,1-2H3. The van der Waals surface area contributed by atoms with Crippen LogP contribution < -0.4 is 4.90 Å². The molecule has 4 rings (SSSR count). The van der Waals surface area contributed by atoms with Crippen LogP contribution in [0.4, 0.5) is 5.69 Å². The fourth-order valence-electron chi connectivity index (χ4n) is 3.75. The molecule has 0 spiro atoms. The van der Waals surface area contributed by atoms with Gasteiger partial charge < -0.3 is 4.90 Å². The molecule has 1 fully saturated rings. The molecule has 1 unspecified atom stereocenters. The third-order valence-corrected chi connectivity index (χ3v) is 6.64. The van der Waals surface area contributed by atoms with Crippen molar-refractivity contribution in [2.24, 2.45) is 0 Å². The van der Waals surface area contributed by atoms with Crippen LogP contribution in [0, 0.1) is 18.3 Å². The van der Waals surface area contributed by atoms with Crippen LogP contribution in [0.15, 0.2) is 59.1 Å². The van der Waals surface area contributed by atoms with E-state index < -0.39 is 0 Å². The van der Waals surface area contributed by atoms with E-state index in [1.165, 1.54) is 11.1 Å². The normalized spacial score (nSPS) is 19.5. The summed E-state index contributed by atoms with van der Waals surface area (Å²) in [5, 5.41) is 10.7. The number of anilines is 1. The van der Waals surface area contributed by atoms with Crippen LogP contribution in [0.1, 0.15) is 36.0 Å². The first-order chi connectivity index (χ1) is 13.6. The third kappa shape index (κ3) is 3.41. The van der Waals surface area contributed by atoms with Crippen molar-refractivity contribution in [2.45, 2.75) is 32.6 Å². The van der Waals surface area contributed by atoms with E-state index >= 15 is 0 Å². The van der Waals surface area contributed by atoms with E-state index in [0.29, 0.717) is 13.1 Å². The SMILES string of the molecule is CCc1ccc(C2CC(=O)N3CN(c4ccc(C)cc4)CSC3=C2C#N)cc1. The van der Waals surface area contributed by atoms with Gasteiger partial charge >= 0.3 is 0 Å². The summed E-state index contributed by atoms with van der Waals surface area (Å²) in [6.45, 7) is 4.69. The van der Waals surface area contributed by atoms with Gasteiger partial charge in [0.05, 0.1) is 29.2 Å². The smallest absolute Gasteiger partial charge is 0.229 e. The van der Waals surface area contributed by atoms with Gasteiger partial charge in [0.25, 0.3) is 0 Å². The zero-order valence-corrected chi connectivity index (χ0v) is 17.0. The summed E-state index contributed by atoms with van der Waals surface area (Å²) in [6, 6.07) is 19.1. The fourth-order valence-corrected chi connectivity index (χ4v) is 4.92. The van der Waals surface area contributed by atoms with E-state index in [1.54, 1.807) is 16.7 Å². The van der Waals surface area contributed by atoms with Gasteiger partial charge in [-0.1, -0.05) is 60.6 Å². The maximum absolute atomic E-state index is 13.0. The number of thioether (sulfide) groups is 1. The molecular formula is C23H23N3OS. The quantitative estimate of drug-likeness (QED) is 0.758. The molecule has 1 atom stereocenters. The number of hydrogen-bond donors (Lipinski definition) is 0. The van der Waals surface area contributed by atoms with Crippen LogP contribution >= 0.6 is 11.8 Å². The Morgan fingerprint density at radius 3 is 2.50 bits per heavy atom. The lowest BCUT2D eigenvalue weighted by atomic mass is 9.86. The number of carbonyl (C=O) groups is 1. The monoisotopic (exact) mass is 389 g/mol. The predicted molar refractivity (Wildman–Crippen MR) is 114 cm³/mol. The molecule has 2 aliphatic rings. The van der Waals surface area contributed by atoms with E-state index in [2.05, 4.69) is 73.3 Å². The minimum absolute atomic E-state index is 0.0860. The van der Waals surface area contributed by atoms with Gasteiger partial charge in [-0.05, 0) is 36.6 Å². The number of benzene rings is 2. The maximum Gasteiger partial charge on any atom is 0.229 e. The Kier molecular flexibility index (Phi) is 5.15. The molecule has 0 radical (unpaired) electrons. The Morgan fingerprint density at radius 2 is 1.86 bits per heavy atom. The summed E-state index contributed by atoms with van der Waals surface area (Å²) < 4.78 is 0. The Balaban J connectivity index is 1.63. The predicted octanol–water partition coefficient (Wildman–Crippen LogP) is 4.78. The van der Waals surface area contributed by atoms with Gasteiger partial charge in [-0.2, -0.15) is 5.26 Å². The highest BCUT2D eigenvalue weighted by Gasteiger charge is 2.38. The highest BCUT2D eigenvalue weighted by Crippen LogP contribution is 2.43. The number of nitriles is 1. The van der Waals surface area contributed by atoms with Gasteiger partial charge in [-0.3, -0.25) is 9.69 Å². The van der Waals surface area contributed by atoms with Crippen molar-refractivity contribution in [1.82, 2.24) is 4.90 Å². The summed E-state index contributed by atoms with van der Waals surface area (Å²) >= 11 is 1.58. The number of amides is 1. The minimum Gasteiger partial charge on any atom is -0.344 e. The molecule has 4 nitrogen and oxygen atoms in total. The van der Waals surface area contributed by atoms with Crippen LogP contribution in [-0.2, 0) is 11.2 Å². The van der Waals surface area contributed by atoms with Crippen molar-refractivity contribution in [3.05, 3.63) is 75.8 Å². The fraction of sp³-hybridized carbons (Fsp3) is 0.304. The molecule has 0 bridgehead atoms. The summed E-state index contributed by atoms with van der Waals surface area (Å²) in [6.07, 6.45) is 1.33. The summed E-state index contributed by atoms with van der Waals surface area (Å²) in [5.74, 6) is 0.672. The van der Waals surface area contributed by atoms with Gasteiger partial charge in [0.1, 0.15) is 0 Å². The highest BCUT2D eigenvalue weighted by molar-refractivity contribution is 8.03. The van der Waals surface area contributed by atoms with Crippen molar-refractivity contribution >= 4 is 23.4 Å². The van der Waals surface area contributed by atoms with Crippen LogP contribution in [0.2, 0.25) is 0 Å². The minimum atomic E-state index is -0.145. The summed E-state index contributed by atoms with van der Waals surface area (Å²) in [7, 11) is 0. The maximum atomic E-state index is 13.0. The molecule has 0 aliphatic carbocycles. The third-order valence-electron chi connectivity index (χ3n) is 5.48. The Bertz CT molecular complexity index is 957. The molecule has 2 heterocycles. The Labute approximate surface area is 170 Å². The zero-order valence-electron chi connectivity index (χ0n) is 16.2. The average Bonchev–Trinajstić information content (AvgIpc) is 2.74. The summed E-state index contributed by atoms with van der Waals surface area (Å²) in [5.41, 5.74) is 5.35. The largest absolute Gasteiger partial charge is 0.344 e. The Morgan fingerprint density at radius 1 is 1.14 bits per heavy atom. The average molecular weight is 390 g/mol. The van der Waals surface area contributed by atoms with Gasteiger partial charge in [0.15, 0.2) is 0 Å². The van der Waals surface area contributed by atoms with Gasteiger partial charge in [0, 0.05) is 18.0 Å². The van der Waals surface area contributed by atoms with Gasteiger partial charge in [-0.15, -0.1) is 0 Å². The van der Waals surface area contributed by atoms with E-state index in [4.69, 9.17) is 0 Å². The van der Waals surface area contributed by atoms with Gasteiger partial charge in [0.2, 0.25) is 5.91 Å². The second kappa shape index (κ2) is 7.73.